The fourth-order valence-electron chi connectivity index (χ4n) is 2.99. The maximum atomic E-state index is 5.24. The molecule has 2 nitrogen and oxygen atoms in total. The zero-order chi connectivity index (χ0) is 13.1. The summed E-state index contributed by atoms with van der Waals surface area (Å²) in [4.78, 5) is 0. The highest BCUT2D eigenvalue weighted by Crippen LogP contribution is 2.40. The summed E-state index contributed by atoms with van der Waals surface area (Å²) in [5.41, 5.74) is 4.33. The summed E-state index contributed by atoms with van der Waals surface area (Å²) >= 11 is 0. The first kappa shape index (κ1) is 12.5. The molecule has 0 amide bonds. The number of hydrogen-bond acceptors (Lipinski definition) is 2. The first-order valence-corrected chi connectivity index (χ1v) is 7.21. The lowest BCUT2D eigenvalue weighted by atomic mass is 9.74. The van der Waals surface area contributed by atoms with E-state index in [9.17, 15) is 0 Å². The minimum absolute atomic E-state index is 0.414. The van der Waals surface area contributed by atoms with Crippen LogP contribution in [0.2, 0.25) is 0 Å². The second kappa shape index (κ2) is 5.62. The Morgan fingerprint density at radius 2 is 2.21 bits per heavy atom. The van der Waals surface area contributed by atoms with E-state index in [2.05, 4.69) is 42.6 Å². The van der Waals surface area contributed by atoms with E-state index in [4.69, 9.17) is 4.42 Å². The number of benzene rings is 1. The molecule has 2 heteroatoms. The lowest BCUT2D eigenvalue weighted by Crippen LogP contribution is -2.27. The molecule has 0 radical (unpaired) electrons. The number of fused-ring (bicyclic) bond motifs is 1. The van der Waals surface area contributed by atoms with Gasteiger partial charge in [0.2, 0.25) is 0 Å². The first-order valence-electron chi connectivity index (χ1n) is 7.21. The largest absolute Gasteiger partial charge is 0.472 e. The molecule has 0 aliphatic heterocycles. The molecular formula is C17H21NO. The van der Waals surface area contributed by atoms with E-state index >= 15 is 0 Å². The summed E-state index contributed by atoms with van der Waals surface area (Å²) in [6.45, 7) is 3.27. The zero-order valence-corrected chi connectivity index (χ0v) is 11.4. The van der Waals surface area contributed by atoms with E-state index in [1.807, 2.05) is 6.26 Å². The van der Waals surface area contributed by atoms with Gasteiger partial charge in [-0.25, -0.2) is 0 Å². The summed E-state index contributed by atoms with van der Waals surface area (Å²) in [6, 6.07) is 11.3. The second-order valence-corrected chi connectivity index (χ2v) is 5.40. The van der Waals surface area contributed by atoms with Crippen molar-refractivity contribution in [2.75, 3.05) is 6.54 Å². The molecule has 1 heterocycles. The quantitative estimate of drug-likeness (QED) is 0.842. The van der Waals surface area contributed by atoms with Gasteiger partial charge in [-0.05, 0) is 48.9 Å². The SMILES string of the molecule is CCCNC(CC1Cc2ccccc21)c1ccoc1. The van der Waals surface area contributed by atoms with Crippen molar-refractivity contribution in [2.24, 2.45) is 0 Å². The van der Waals surface area contributed by atoms with Gasteiger partial charge >= 0.3 is 0 Å². The fraction of sp³-hybridized carbons (Fsp3) is 0.412. The lowest BCUT2D eigenvalue weighted by Gasteiger charge is -2.33. The fourth-order valence-corrected chi connectivity index (χ4v) is 2.99. The van der Waals surface area contributed by atoms with Crippen LogP contribution in [0, 0.1) is 0 Å². The Labute approximate surface area is 114 Å². The highest BCUT2D eigenvalue weighted by molar-refractivity contribution is 5.40. The normalized spacial score (nSPS) is 18.7. The summed E-state index contributed by atoms with van der Waals surface area (Å²) < 4.78 is 5.24. The molecule has 2 atom stereocenters. The average Bonchev–Trinajstić information content (AvgIpc) is 2.93. The molecule has 1 aromatic carbocycles. The van der Waals surface area contributed by atoms with Gasteiger partial charge in [0.25, 0.3) is 0 Å². The molecule has 100 valence electrons. The minimum atomic E-state index is 0.414. The number of rotatable bonds is 6. The van der Waals surface area contributed by atoms with Gasteiger partial charge in [-0.3, -0.25) is 0 Å². The molecular weight excluding hydrogens is 234 g/mol. The number of hydrogen-bond donors (Lipinski definition) is 1. The van der Waals surface area contributed by atoms with Gasteiger partial charge in [0.1, 0.15) is 0 Å². The number of furan rings is 1. The van der Waals surface area contributed by atoms with Gasteiger partial charge in [-0.2, -0.15) is 0 Å². The van der Waals surface area contributed by atoms with Crippen LogP contribution < -0.4 is 5.32 Å². The van der Waals surface area contributed by atoms with E-state index < -0.39 is 0 Å². The molecule has 0 fully saturated rings. The summed E-state index contributed by atoms with van der Waals surface area (Å²) in [5, 5.41) is 3.64. The predicted octanol–water partition coefficient (Wildman–Crippen LogP) is 4.05. The summed E-state index contributed by atoms with van der Waals surface area (Å²) in [7, 11) is 0. The Balaban J connectivity index is 1.69. The van der Waals surface area contributed by atoms with Crippen molar-refractivity contribution in [1.82, 2.24) is 5.32 Å². The Morgan fingerprint density at radius 1 is 1.32 bits per heavy atom. The van der Waals surface area contributed by atoms with Gasteiger partial charge in [-0.15, -0.1) is 0 Å². The smallest absolute Gasteiger partial charge is 0.0950 e. The predicted molar refractivity (Wildman–Crippen MR) is 77.2 cm³/mol. The third-order valence-electron chi connectivity index (χ3n) is 4.07. The molecule has 1 aromatic heterocycles. The molecule has 0 saturated heterocycles. The van der Waals surface area contributed by atoms with Crippen molar-refractivity contribution in [1.29, 1.82) is 0 Å². The van der Waals surface area contributed by atoms with Crippen LogP contribution in [0.15, 0.2) is 47.3 Å². The Morgan fingerprint density at radius 3 is 2.95 bits per heavy atom. The van der Waals surface area contributed by atoms with Gasteiger partial charge in [0.05, 0.1) is 12.5 Å². The molecule has 19 heavy (non-hydrogen) atoms. The zero-order valence-electron chi connectivity index (χ0n) is 11.4. The molecule has 0 saturated carbocycles. The average molecular weight is 255 g/mol. The van der Waals surface area contributed by atoms with Crippen molar-refractivity contribution >= 4 is 0 Å². The van der Waals surface area contributed by atoms with Crippen molar-refractivity contribution in [3.63, 3.8) is 0 Å². The summed E-state index contributed by atoms with van der Waals surface area (Å²) in [5.74, 6) is 0.695. The third-order valence-corrected chi connectivity index (χ3v) is 4.07. The molecule has 1 aliphatic carbocycles. The van der Waals surface area contributed by atoms with Crippen LogP contribution in [-0.4, -0.2) is 6.54 Å². The van der Waals surface area contributed by atoms with E-state index in [0.717, 1.165) is 19.4 Å². The van der Waals surface area contributed by atoms with Crippen molar-refractivity contribution in [3.8, 4) is 0 Å². The van der Waals surface area contributed by atoms with E-state index in [-0.39, 0.29) is 0 Å². The van der Waals surface area contributed by atoms with Crippen LogP contribution in [0.5, 0.6) is 0 Å². The Hall–Kier alpha value is -1.54. The maximum Gasteiger partial charge on any atom is 0.0950 e. The van der Waals surface area contributed by atoms with E-state index in [0.29, 0.717) is 12.0 Å². The van der Waals surface area contributed by atoms with Crippen LogP contribution >= 0.6 is 0 Å². The minimum Gasteiger partial charge on any atom is -0.472 e. The maximum absolute atomic E-state index is 5.24. The molecule has 1 N–H and O–H groups in total. The van der Waals surface area contributed by atoms with Crippen LogP contribution in [0.3, 0.4) is 0 Å². The van der Waals surface area contributed by atoms with Crippen LogP contribution in [0.1, 0.15) is 48.4 Å². The van der Waals surface area contributed by atoms with Gasteiger partial charge in [0.15, 0.2) is 0 Å². The van der Waals surface area contributed by atoms with Gasteiger partial charge < -0.3 is 9.73 Å². The summed E-state index contributed by atoms with van der Waals surface area (Å²) in [6.07, 6.45) is 7.19. The molecule has 1 aliphatic rings. The van der Waals surface area contributed by atoms with Gasteiger partial charge in [0, 0.05) is 11.6 Å². The molecule has 0 bridgehead atoms. The Kier molecular flexibility index (Phi) is 3.69. The monoisotopic (exact) mass is 255 g/mol. The highest BCUT2D eigenvalue weighted by atomic mass is 16.3. The van der Waals surface area contributed by atoms with E-state index in [1.54, 1.807) is 6.26 Å². The Bertz CT molecular complexity index is 518. The first-order chi connectivity index (χ1) is 9.38. The van der Waals surface area contributed by atoms with Crippen LogP contribution in [0.25, 0.3) is 0 Å². The second-order valence-electron chi connectivity index (χ2n) is 5.40. The van der Waals surface area contributed by atoms with Crippen LogP contribution in [-0.2, 0) is 6.42 Å². The molecule has 0 spiro atoms. The number of nitrogens with one attached hydrogen (secondary N) is 1. The highest BCUT2D eigenvalue weighted by Gasteiger charge is 2.28. The molecule has 2 unspecified atom stereocenters. The van der Waals surface area contributed by atoms with Crippen molar-refractivity contribution in [2.45, 2.75) is 38.1 Å². The van der Waals surface area contributed by atoms with Gasteiger partial charge in [-0.1, -0.05) is 31.2 Å². The van der Waals surface area contributed by atoms with Crippen LogP contribution in [0.4, 0.5) is 0 Å². The molecule has 3 rings (SSSR count). The molecule has 2 aromatic rings. The lowest BCUT2D eigenvalue weighted by molar-refractivity contribution is 0.424. The van der Waals surface area contributed by atoms with E-state index in [1.165, 1.54) is 23.1 Å². The topological polar surface area (TPSA) is 25.2 Å². The van der Waals surface area contributed by atoms with Crippen molar-refractivity contribution < 1.29 is 4.42 Å². The van der Waals surface area contributed by atoms with Crippen molar-refractivity contribution in [3.05, 3.63) is 59.5 Å². The standard InChI is InChI=1S/C17H21NO/c1-2-8-18-17(14-7-9-19-12-14)11-15-10-13-5-3-4-6-16(13)15/h3-7,9,12,15,17-18H,2,8,10-11H2,1H3. The third kappa shape index (κ3) is 2.59.